The van der Waals surface area contributed by atoms with Crippen molar-refractivity contribution in [1.82, 2.24) is 10.6 Å². The fourth-order valence-corrected chi connectivity index (χ4v) is 2.39. The van der Waals surface area contributed by atoms with Crippen molar-refractivity contribution in [1.29, 1.82) is 0 Å². The summed E-state index contributed by atoms with van der Waals surface area (Å²) in [5.41, 5.74) is 1.82. The fraction of sp³-hybridized carbons (Fsp3) is 0.533. The van der Waals surface area contributed by atoms with Crippen LogP contribution in [0.4, 0.5) is 0 Å². The summed E-state index contributed by atoms with van der Waals surface area (Å²) >= 11 is 0. The summed E-state index contributed by atoms with van der Waals surface area (Å²) in [4.78, 5) is 12.0. The first kappa shape index (κ1) is 13.1. The Morgan fingerprint density at radius 1 is 1.39 bits per heavy atom. The smallest absolute Gasteiger partial charge is 0.251 e. The SMILES string of the molecule is Cc1ccccc1C(=O)NCC1CCC(C)NC1. The van der Waals surface area contributed by atoms with Crippen molar-refractivity contribution in [3.05, 3.63) is 35.4 Å². The van der Waals surface area contributed by atoms with Gasteiger partial charge < -0.3 is 10.6 Å². The van der Waals surface area contributed by atoms with Crippen LogP contribution in [0.25, 0.3) is 0 Å². The third-order valence-electron chi connectivity index (χ3n) is 3.70. The minimum atomic E-state index is 0.0479. The van der Waals surface area contributed by atoms with Gasteiger partial charge in [0.15, 0.2) is 0 Å². The molecule has 3 heteroatoms. The standard InChI is InChI=1S/C15H22N2O/c1-11-5-3-4-6-14(11)15(18)17-10-13-8-7-12(2)16-9-13/h3-6,12-13,16H,7-10H2,1-2H3,(H,17,18). The average Bonchev–Trinajstić information content (AvgIpc) is 2.38. The van der Waals surface area contributed by atoms with E-state index in [4.69, 9.17) is 0 Å². The second kappa shape index (κ2) is 6.01. The van der Waals surface area contributed by atoms with Crippen LogP contribution < -0.4 is 10.6 Å². The molecule has 0 aromatic heterocycles. The van der Waals surface area contributed by atoms with Gasteiger partial charge in [0.25, 0.3) is 5.91 Å². The predicted octanol–water partition coefficient (Wildman–Crippen LogP) is 2.11. The van der Waals surface area contributed by atoms with Gasteiger partial charge in [-0.25, -0.2) is 0 Å². The minimum absolute atomic E-state index is 0.0479. The Bertz CT molecular complexity index is 409. The molecular formula is C15H22N2O. The lowest BCUT2D eigenvalue weighted by atomic mass is 9.95. The lowest BCUT2D eigenvalue weighted by molar-refractivity contribution is 0.0943. The Morgan fingerprint density at radius 3 is 2.83 bits per heavy atom. The molecule has 0 bridgehead atoms. The summed E-state index contributed by atoms with van der Waals surface area (Å²) in [6.45, 7) is 5.96. The quantitative estimate of drug-likeness (QED) is 0.857. The maximum Gasteiger partial charge on any atom is 0.251 e. The molecule has 1 aliphatic rings. The molecule has 2 rings (SSSR count). The molecule has 18 heavy (non-hydrogen) atoms. The molecule has 2 atom stereocenters. The highest BCUT2D eigenvalue weighted by Gasteiger charge is 2.18. The monoisotopic (exact) mass is 246 g/mol. The van der Waals surface area contributed by atoms with Gasteiger partial charge in [-0.1, -0.05) is 18.2 Å². The highest BCUT2D eigenvalue weighted by Crippen LogP contribution is 2.13. The molecule has 1 amide bonds. The predicted molar refractivity (Wildman–Crippen MR) is 73.7 cm³/mol. The van der Waals surface area contributed by atoms with Gasteiger partial charge in [-0.2, -0.15) is 0 Å². The zero-order valence-corrected chi connectivity index (χ0v) is 11.2. The van der Waals surface area contributed by atoms with E-state index in [-0.39, 0.29) is 5.91 Å². The van der Waals surface area contributed by atoms with Gasteiger partial charge in [0.2, 0.25) is 0 Å². The highest BCUT2D eigenvalue weighted by molar-refractivity contribution is 5.95. The van der Waals surface area contributed by atoms with Crippen LogP contribution in [0.15, 0.2) is 24.3 Å². The molecule has 1 heterocycles. The Kier molecular flexibility index (Phi) is 4.37. The minimum Gasteiger partial charge on any atom is -0.352 e. The van der Waals surface area contributed by atoms with Crippen molar-refractivity contribution in [2.24, 2.45) is 5.92 Å². The number of hydrogen-bond donors (Lipinski definition) is 2. The molecule has 0 radical (unpaired) electrons. The average molecular weight is 246 g/mol. The Labute approximate surface area is 109 Å². The van der Waals surface area contributed by atoms with Crippen LogP contribution in [0.3, 0.4) is 0 Å². The lowest BCUT2D eigenvalue weighted by Gasteiger charge is -2.27. The molecule has 1 saturated heterocycles. The maximum absolute atomic E-state index is 12.0. The van der Waals surface area contributed by atoms with Crippen molar-refractivity contribution < 1.29 is 4.79 Å². The van der Waals surface area contributed by atoms with E-state index >= 15 is 0 Å². The van der Waals surface area contributed by atoms with E-state index < -0.39 is 0 Å². The fourth-order valence-electron chi connectivity index (χ4n) is 2.39. The van der Waals surface area contributed by atoms with Gasteiger partial charge in [-0.15, -0.1) is 0 Å². The zero-order chi connectivity index (χ0) is 13.0. The molecule has 1 aromatic rings. The van der Waals surface area contributed by atoms with Gasteiger partial charge in [-0.3, -0.25) is 4.79 Å². The summed E-state index contributed by atoms with van der Waals surface area (Å²) < 4.78 is 0. The summed E-state index contributed by atoms with van der Waals surface area (Å²) in [6.07, 6.45) is 2.40. The highest BCUT2D eigenvalue weighted by atomic mass is 16.1. The molecule has 1 fully saturated rings. The van der Waals surface area contributed by atoms with Crippen molar-refractivity contribution in [3.63, 3.8) is 0 Å². The topological polar surface area (TPSA) is 41.1 Å². The normalized spacial score (nSPS) is 23.7. The summed E-state index contributed by atoms with van der Waals surface area (Å²) in [5, 5.41) is 6.50. The molecule has 0 saturated carbocycles. The number of carbonyl (C=O) groups excluding carboxylic acids is 1. The van der Waals surface area contributed by atoms with Crippen molar-refractivity contribution in [2.45, 2.75) is 32.7 Å². The zero-order valence-electron chi connectivity index (χ0n) is 11.2. The molecule has 98 valence electrons. The van der Waals surface area contributed by atoms with Crippen LogP contribution in [0, 0.1) is 12.8 Å². The second-order valence-corrected chi connectivity index (χ2v) is 5.28. The number of aryl methyl sites for hydroxylation is 1. The number of piperidine rings is 1. The van der Waals surface area contributed by atoms with E-state index in [9.17, 15) is 4.79 Å². The number of hydrogen-bond acceptors (Lipinski definition) is 2. The van der Waals surface area contributed by atoms with Crippen LogP contribution in [0.1, 0.15) is 35.7 Å². The van der Waals surface area contributed by atoms with Gasteiger partial charge in [0, 0.05) is 18.2 Å². The maximum atomic E-state index is 12.0. The number of benzene rings is 1. The van der Waals surface area contributed by atoms with Gasteiger partial charge in [0.05, 0.1) is 0 Å². The van der Waals surface area contributed by atoms with Crippen molar-refractivity contribution in [3.8, 4) is 0 Å². The largest absolute Gasteiger partial charge is 0.352 e. The van der Waals surface area contributed by atoms with E-state index in [1.165, 1.54) is 12.8 Å². The van der Waals surface area contributed by atoms with E-state index in [1.807, 2.05) is 31.2 Å². The molecule has 0 aliphatic carbocycles. The first-order chi connectivity index (χ1) is 8.66. The summed E-state index contributed by atoms with van der Waals surface area (Å²) in [6, 6.07) is 8.34. The number of rotatable bonds is 3. The van der Waals surface area contributed by atoms with Gasteiger partial charge in [-0.05, 0) is 50.8 Å². The molecule has 1 aliphatic heterocycles. The Balaban J connectivity index is 1.84. The van der Waals surface area contributed by atoms with Gasteiger partial charge >= 0.3 is 0 Å². The van der Waals surface area contributed by atoms with E-state index in [0.29, 0.717) is 12.0 Å². The molecular weight excluding hydrogens is 224 g/mol. The van der Waals surface area contributed by atoms with Crippen molar-refractivity contribution >= 4 is 5.91 Å². The van der Waals surface area contributed by atoms with Gasteiger partial charge in [0.1, 0.15) is 0 Å². The van der Waals surface area contributed by atoms with E-state index in [0.717, 1.165) is 24.2 Å². The van der Waals surface area contributed by atoms with Crippen LogP contribution >= 0.6 is 0 Å². The molecule has 2 unspecified atom stereocenters. The van der Waals surface area contributed by atoms with Crippen molar-refractivity contribution in [2.75, 3.05) is 13.1 Å². The summed E-state index contributed by atoms with van der Waals surface area (Å²) in [5.74, 6) is 0.612. The van der Waals surface area contributed by atoms with Crippen LogP contribution in [0.2, 0.25) is 0 Å². The first-order valence-electron chi connectivity index (χ1n) is 6.74. The Morgan fingerprint density at radius 2 is 2.17 bits per heavy atom. The van der Waals surface area contributed by atoms with E-state index in [1.54, 1.807) is 0 Å². The third kappa shape index (κ3) is 3.33. The number of amides is 1. The first-order valence-corrected chi connectivity index (χ1v) is 6.74. The van der Waals surface area contributed by atoms with Crippen LogP contribution in [0.5, 0.6) is 0 Å². The summed E-state index contributed by atoms with van der Waals surface area (Å²) in [7, 11) is 0. The molecule has 2 N–H and O–H groups in total. The molecule has 3 nitrogen and oxygen atoms in total. The lowest BCUT2D eigenvalue weighted by Crippen LogP contribution is -2.42. The van der Waals surface area contributed by atoms with E-state index in [2.05, 4.69) is 17.6 Å². The Hall–Kier alpha value is -1.35. The van der Waals surface area contributed by atoms with Crippen LogP contribution in [-0.2, 0) is 0 Å². The second-order valence-electron chi connectivity index (χ2n) is 5.28. The molecule has 0 spiro atoms. The number of nitrogens with one attached hydrogen (secondary N) is 2. The number of carbonyl (C=O) groups is 1. The van der Waals surface area contributed by atoms with Crippen LogP contribution in [-0.4, -0.2) is 25.0 Å². The third-order valence-corrected chi connectivity index (χ3v) is 3.70. The molecule has 1 aromatic carbocycles.